The largest absolute Gasteiger partial charge is 0.494 e. The molecule has 0 saturated carbocycles. The molecule has 0 aliphatic rings. The quantitative estimate of drug-likeness (QED) is 0.0416. The van der Waals surface area contributed by atoms with Crippen molar-refractivity contribution in [2.24, 2.45) is 0 Å². The average Bonchev–Trinajstić information content (AvgIpc) is 3.52. The van der Waals surface area contributed by atoms with Crippen LogP contribution in [0.2, 0.25) is 0 Å². The minimum absolute atomic E-state index is 0.356. The van der Waals surface area contributed by atoms with Crippen molar-refractivity contribution in [3.8, 4) is 17.2 Å². The number of rotatable bonds is 57. The van der Waals surface area contributed by atoms with Gasteiger partial charge in [0.2, 0.25) is 0 Å². The van der Waals surface area contributed by atoms with E-state index in [1.807, 2.05) is 0 Å². The van der Waals surface area contributed by atoms with Crippen LogP contribution in [0.5, 0.6) is 17.2 Å². The highest BCUT2D eigenvalue weighted by Gasteiger charge is 2.31. The maximum Gasteiger partial charge on any atom is 0.119 e. The van der Waals surface area contributed by atoms with Crippen LogP contribution in [-0.4, -0.2) is 19.8 Å². The molecule has 3 nitrogen and oxygen atoms in total. The van der Waals surface area contributed by atoms with Crippen molar-refractivity contribution in [1.82, 2.24) is 0 Å². The molecule has 0 aliphatic heterocycles. The summed E-state index contributed by atoms with van der Waals surface area (Å²) in [6.07, 6.45) is 66.5. The van der Waals surface area contributed by atoms with Crippen molar-refractivity contribution >= 4 is 0 Å². The zero-order valence-corrected chi connectivity index (χ0v) is 51.7. The van der Waals surface area contributed by atoms with Gasteiger partial charge in [-0.2, -0.15) is 0 Å². The third-order valence-electron chi connectivity index (χ3n) is 17.1. The highest BCUT2D eigenvalue weighted by Crippen LogP contribution is 2.41. The SMILES string of the molecule is CCCCCCCCCCCCCCCCCCOc1ccc(C(C)(c2ccc(OCCCCCCCCCCCCCCCCCC)cc2)c2ccc(OCCCCCCCCCCCCCCCCCC)cc2)cc1. The lowest BCUT2D eigenvalue weighted by Crippen LogP contribution is -2.25. The Morgan fingerprint density at radius 3 is 0.506 bits per heavy atom. The summed E-state index contributed by atoms with van der Waals surface area (Å²) < 4.78 is 19.0. The molecule has 0 aromatic heterocycles. The molecule has 77 heavy (non-hydrogen) atoms. The van der Waals surface area contributed by atoms with Crippen molar-refractivity contribution in [2.75, 3.05) is 19.8 Å². The molecular formula is C74H126O3. The topological polar surface area (TPSA) is 27.7 Å². The van der Waals surface area contributed by atoms with E-state index in [2.05, 4.69) is 100 Å². The molecular weight excluding hydrogens is 937 g/mol. The molecule has 0 spiro atoms. The molecule has 0 atom stereocenters. The van der Waals surface area contributed by atoms with Gasteiger partial charge >= 0.3 is 0 Å². The third-order valence-corrected chi connectivity index (χ3v) is 17.1. The van der Waals surface area contributed by atoms with E-state index in [0.717, 1.165) is 56.3 Å². The second-order valence-corrected chi connectivity index (χ2v) is 24.2. The Kier molecular flexibility index (Phi) is 44.4. The molecule has 0 fully saturated rings. The van der Waals surface area contributed by atoms with Gasteiger partial charge in [0.15, 0.2) is 0 Å². The highest BCUT2D eigenvalue weighted by molar-refractivity contribution is 5.52. The highest BCUT2D eigenvalue weighted by atomic mass is 16.5. The van der Waals surface area contributed by atoms with Gasteiger partial charge < -0.3 is 14.2 Å². The van der Waals surface area contributed by atoms with Crippen LogP contribution in [0.15, 0.2) is 72.8 Å². The predicted molar refractivity (Wildman–Crippen MR) is 340 cm³/mol. The Morgan fingerprint density at radius 2 is 0.351 bits per heavy atom. The summed E-state index contributed by atoms with van der Waals surface area (Å²) in [6.45, 7) is 11.7. The number of unbranched alkanes of at least 4 members (excludes halogenated alkanes) is 45. The molecule has 0 heterocycles. The summed E-state index contributed by atoms with van der Waals surface area (Å²) in [6, 6.07) is 26.8. The summed E-state index contributed by atoms with van der Waals surface area (Å²) >= 11 is 0. The fourth-order valence-corrected chi connectivity index (χ4v) is 11.7. The van der Waals surface area contributed by atoms with E-state index < -0.39 is 0 Å². The van der Waals surface area contributed by atoms with Crippen molar-refractivity contribution in [1.29, 1.82) is 0 Å². The van der Waals surface area contributed by atoms with Crippen LogP contribution in [0.1, 0.15) is 353 Å². The lowest BCUT2D eigenvalue weighted by atomic mass is 9.71. The Bertz CT molecular complexity index is 1470. The van der Waals surface area contributed by atoms with E-state index in [0.29, 0.717) is 0 Å². The number of hydrogen-bond donors (Lipinski definition) is 0. The third kappa shape index (κ3) is 35.4. The predicted octanol–water partition coefficient (Wildman–Crippen LogP) is 25.0. The van der Waals surface area contributed by atoms with Crippen LogP contribution >= 0.6 is 0 Å². The molecule has 3 aromatic rings. The first-order chi connectivity index (χ1) is 38.1. The summed E-state index contributed by atoms with van der Waals surface area (Å²) in [7, 11) is 0. The zero-order valence-electron chi connectivity index (χ0n) is 51.7. The summed E-state index contributed by atoms with van der Waals surface area (Å²) in [5, 5.41) is 0. The zero-order chi connectivity index (χ0) is 54.6. The lowest BCUT2D eigenvalue weighted by Gasteiger charge is -2.32. The molecule has 0 amide bonds. The first-order valence-corrected chi connectivity index (χ1v) is 34.3. The van der Waals surface area contributed by atoms with E-state index in [4.69, 9.17) is 14.2 Å². The molecule has 440 valence electrons. The fraction of sp³-hybridized carbons (Fsp3) is 0.757. The Balaban J connectivity index is 1.40. The van der Waals surface area contributed by atoms with Gasteiger partial charge in [-0.1, -0.05) is 346 Å². The van der Waals surface area contributed by atoms with Crippen molar-refractivity contribution in [3.05, 3.63) is 89.5 Å². The van der Waals surface area contributed by atoms with E-state index in [-0.39, 0.29) is 5.41 Å². The summed E-state index contributed by atoms with van der Waals surface area (Å²) in [4.78, 5) is 0. The number of ether oxygens (including phenoxy) is 3. The Hall–Kier alpha value is -2.94. The van der Waals surface area contributed by atoms with Gasteiger partial charge in [-0.05, 0) is 79.3 Å². The normalized spacial score (nSPS) is 11.7. The van der Waals surface area contributed by atoms with Gasteiger partial charge in [0.1, 0.15) is 17.2 Å². The molecule has 3 aromatic carbocycles. The Labute approximate surface area is 479 Å². The lowest BCUT2D eigenvalue weighted by molar-refractivity contribution is 0.304. The maximum atomic E-state index is 6.32. The van der Waals surface area contributed by atoms with Crippen LogP contribution in [0.4, 0.5) is 0 Å². The van der Waals surface area contributed by atoms with E-state index in [1.165, 1.54) is 306 Å². The second-order valence-electron chi connectivity index (χ2n) is 24.2. The van der Waals surface area contributed by atoms with Gasteiger partial charge in [-0.15, -0.1) is 0 Å². The molecule has 0 aliphatic carbocycles. The number of hydrogen-bond acceptors (Lipinski definition) is 3. The molecule has 3 heteroatoms. The first kappa shape index (κ1) is 68.3. The minimum Gasteiger partial charge on any atom is -0.494 e. The summed E-state index contributed by atoms with van der Waals surface area (Å²) in [5.41, 5.74) is 3.42. The van der Waals surface area contributed by atoms with E-state index in [9.17, 15) is 0 Å². The van der Waals surface area contributed by atoms with E-state index >= 15 is 0 Å². The minimum atomic E-state index is -0.356. The Morgan fingerprint density at radius 1 is 0.208 bits per heavy atom. The monoisotopic (exact) mass is 1060 g/mol. The van der Waals surface area contributed by atoms with Crippen LogP contribution < -0.4 is 14.2 Å². The first-order valence-electron chi connectivity index (χ1n) is 34.3. The van der Waals surface area contributed by atoms with Gasteiger partial charge in [0, 0.05) is 5.41 Å². The average molecular weight is 1060 g/mol. The van der Waals surface area contributed by atoms with Crippen molar-refractivity contribution < 1.29 is 14.2 Å². The molecule has 0 N–H and O–H groups in total. The van der Waals surface area contributed by atoms with Gasteiger partial charge in [0.25, 0.3) is 0 Å². The van der Waals surface area contributed by atoms with Crippen molar-refractivity contribution in [2.45, 2.75) is 341 Å². The van der Waals surface area contributed by atoms with Gasteiger partial charge in [-0.25, -0.2) is 0 Å². The molecule has 0 unspecified atom stereocenters. The molecule has 0 radical (unpaired) electrons. The smallest absolute Gasteiger partial charge is 0.119 e. The standard InChI is InChI=1S/C74H126O3/c1-5-8-11-14-17-20-23-26-29-32-35-38-41-44-47-50-65-75-71-59-53-68(54-60-71)74(4,69-55-61-72(62-56-69)76-66-51-48-45-42-39-36-33-30-27-24-21-18-15-12-9-6-2)70-57-63-73(64-58-70)77-67-52-49-46-43-40-37-34-31-28-25-22-19-16-13-10-7-3/h53-64H,5-52,65-67H2,1-4H3. The molecule has 3 rings (SSSR count). The summed E-state index contributed by atoms with van der Waals surface area (Å²) in [5.74, 6) is 2.90. The van der Waals surface area contributed by atoms with Crippen LogP contribution in [0.25, 0.3) is 0 Å². The fourth-order valence-electron chi connectivity index (χ4n) is 11.7. The van der Waals surface area contributed by atoms with Crippen LogP contribution in [-0.2, 0) is 5.41 Å². The van der Waals surface area contributed by atoms with Crippen LogP contribution in [0, 0.1) is 0 Å². The maximum absolute atomic E-state index is 6.32. The van der Waals surface area contributed by atoms with Gasteiger partial charge in [0.05, 0.1) is 19.8 Å². The molecule has 0 bridgehead atoms. The number of benzene rings is 3. The second kappa shape index (κ2) is 50.1. The van der Waals surface area contributed by atoms with Gasteiger partial charge in [-0.3, -0.25) is 0 Å². The van der Waals surface area contributed by atoms with E-state index in [1.54, 1.807) is 0 Å². The van der Waals surface area contributed by atoms with Crippen molar-refractivity contribution in [3.63, 3.8) is 0 Å². The van der Waals surface area contributed by atoms with Crippen LogP contribution in [0.3, 0.4) is 0 Å². The molecule has 0 saturated heterocycles.